The van der Waals surface area contributed by atoms with Crippen LogP contribution in [0.15, 0.2) is 23.1 Å². The fourth-order valence-corrected chi connectivity index (χ4v) is 2.68. The first-order valence-corrected chi connectivity index (χ1v) is 7.17. The molecule has 1 atom stereocenters. The van der Waals surface area contributed by atoms with Crippen molar-refractivity contribution in [3.63, 3.8) is 0 Å². The van der Waals surface area contributed by atoms with Crippen LogP contribution in [0.2, 0.25) is 0 Å². The van der Waals surface area contributed by atoms with Crippen molar-refractivity contribution in [3.05, 3.63) is 18.2 Å². The summed E-state index contributed by atoms with van der Waals surface area (Å²) in [4.78, 5) is 0.0391. The molecular formula is C11H18N2O4S. The van der Waals surface area contributed by atoms with Gasteiger partial charge in [0.2, 0.25) is 0 Å². The molecule has 0 aliphatic rings. The third kappa shape index (κ3) is 3.86. The van der Waals surface area contributed by atoms with E-state index in [1.54, 1.807) is 19.1 Å². The van der Waals surface area contributed by atoms with Crippen molar-refractivity contribution in [2.75, 3.05) is 30.0 Å². The van der Waals surface area contributed by atoms with Gasteiger partial charge >= 0.3 is 0 Å². The molecule has 0 saturated carbocycles. The second-order valence-corrected chi connectivity index (χ2v) is 6.11. The number of aliphatic hydroxyl groups excluding tert-OH is 2. The fraction of sp³-hybridized carbons (Fsp3) is 0.455. The fourth-order valence-electron chi connectivity index (χ4n) is 1.43. The van der Waals surface area contributed by atoms with E-state index >= 15 is 0 Å². The van der Waals surface area contributed by atoms with Gasteiger partial charge in [0.15, 0.2) is 9.84 Å². The second kappa shape index (κ2) is 6.03. The lowest BCUT2D eigenvalue weighted by atomic mass is 10.2. The Balaban J connectivity index is 3.11. The molecule has 1 unspecified atom stereocenters. The molecule has 1 rings (SSSR count). The van der Waals surface area contributed by atoms with Crippen LogP contribution in [0, 0.1) is 0 Å². The van der Waals surface area contributed by atoms with Gasteiger partial charge in [0.05, 0.1) is 29.0 Å². The maximum atomic E-state index is 11.9. The lowest BCUT2D eigenvalue weighted by molar-refractivity contribution is 0.208. The van der Waals surface area contributed by atoms with Crippen molar-refractivity contribution >= 4 is 21.2 Å². The molecule has 1 aromatic rings. The van der Waals surface area contributed by atoms with Crippen LogP contribution in [0.1, 0.15) is 6.92 Å². The average molecular weight is 274 g/mol. The van der Waals surface area contributed by atoms with Gasteiger partial charge in [-0.25, -0.2) is 8.42 Å². The van der Waals surface area contributed by atoms with Gasteiger partial charge in [0, 0.05) is 12.2 Å². The minimum atomic E-state index is -3.59. The van der Waals surface area contributed by atoms with Gasteiger partial charge in [-0.15, -0.1) is 0 Å². The molecule has 0 spiro atoms. The molecule has 0 amide bonds. The quantitative estimate of drug-likeness (QED) is 0.536. The molecule has 6 nitrogen and oxygen atoms in total. The Morgan fingerprint density at radius 3 is 2.67 bits per heavy atom. The van der Waals surface area contributed by atoms with Crippen LogP contribution in [-0.4, -0.2) is 43.6 Å². The summed E-state index contributed by atoms with van der Waals surface area (Å²) in [5, 5.41) is 20.8. The van der Waals surface area contributed by atoms with Crippen LogP contribution in [0.5, 0.6) is 0 Å². The van der Waals surface area contributed by atoms with Crippen molar-refractivity contribution in [3.8, 4) is 0 Å². The first-order chi connectivity index (χ1) is 8.36. The highest BCUT2D eigenvalue weighted by atomic mass is 32.2. The maximum Gasteiger partial charge on any atom is 0.182 e. The predicted molar refractivity (Wildman–Crippen MR) is 70.2 cm³/mol. The van der Waals surface area contributed by atoms with Crippen LogP contribution in [0.3, 0.4) is 0 Å². The molecule has 0 aromatic heterocycles. The number of nitrogen functional groups attached to an aromatic ring is 1. The molecule has 1 aromatic carbocycles. The van der Waals surface area contributed by atoms with Crippen LogP contribution in [0.4, 0.5) is 11.4 Å². The lowest BCUT2D eigenvalue weighted by Gasteiger charge is -2.14. The van der Waals surface area contributed by atoms with Gasteiger partial charge in [-0.1, -0.05) is 0 Å². The number of benzene rings is 1. The van der Waals surface area contributed by atoms with Crippen molar-refractivity contribution < 1.29 is 18.6 Å². The van der Waals surface area contributed by atoms with Crippen LogP contribution < -0.4 is 11.1 Å². The highest BCUT2D eigenvalue weighted by molar-refractivity contribution is 7.91. The second-order valence-electron chi connectivity index (χ2n) is 4.03. The van der Waals surface area contributed by atoms with Crippen LogP contribution >= 0.6 is 0 Å². The van der Waals surface area contributed by atoms with Gasteiger partial charge < -0.3 is 21.3 Å². The number of nitrogens with one attached hydrogen (secondary N) is 1. The van der Waals surface area contributed by atoms with E-state index in [2.05, 4.69) is 5.32 Å². The molecule has 5 N–H and O–H groups in total. The highest BCUT2D eigenvalue weighted by Gasteiger charge is 2.18. The minimum Gasteiger partial charge on any atom is -0.399 e. The minimum absolute atomic E-state index is 0.0391. The Kier molecular flexibility index (Phi) is 4.94. The SMILES string of the molecule is CC(O)CNc1ccc(N)cc1S(=O)(=O)CCO. The summed E-state index contributed by atoms with van der Waals surface area (Å²) in [6.07, 6.45) is -0.601. The van der Waals surface area contributed by atoms with Gasteiger partial charge in [-0.2, -0.15) is 0 Å². The van der Waals surface area contributed by atoms with E-state index in [-0.39, 0.29) is 17.2 Å². The summed E-state index contributed by atoms with van der Waals surface area (Å²) in [5.74, 6) is -0.361. The first kappa shape index (κ1) is 14.7. The Morgan fingerprint density at radius 1 is 1.44 bits per heavy atom. The lowest BCUT2D eigenvalue weighted by Crippen LogP contribution is -2.18. The summed E-state index contributed by atoms with van der Waals surface area (Å²) in [6, 6.07) is 4.46. The van der Waals surface area contributed by atoms with E-state index < -0.39 is 22.5 Å². The smallest absolute Gasteiger partial charge is 0.182 e. The van der Waals surface area contributed by atoms with E-state index in [0.717, 1.165) is 0 Å². The van der Waals surface area contributed by atoms with E-state index in [1.165, 1.54) is 6.07 Å². The number of hydrogen-bond acceptors (Lipinski definition) is 6. The summed E-state index contributed by atoms with van der Waals surface area (Å²) < 4.78 is 23.9. The third-order valence-corrected chi connectivity index (χ3v) is 4.02. The third-order valence-electron chi connectivity index (χ3n) is 2.29. The maximum absolute atomic E-state index is 11.9. The van der Waals surface area contributed by atoms with Crippen molar-refractivity contribution in [2.24, 2.45) is 0 Å². The van der Waals surface area contributed by atoms with Crippen molar-refractivity contribution in [1.82, 2.24) is 0 Å². The zero-order valence-corrected chi connectivity index (χ0v) is 10.9. The van der Waals surface area contributed by atoms with E-state index in [9.17, 15) is 13.5 Å². The van der Waals surface area contributed by atoms with Crippen molar-refractivity contribution in [1.29, 1.82) is 0 Å². The average Bonchev–Trinajstić information content (AvgIpc) is 2.27. The molecule has 18 heavy (non-hydrogen) atoms. The molecule has 0 bridgehead atoms. The number of sulfone groups is 1. The molecule has 0 radical (unpaired) electrons. The van der Waals surface area contributed by atoms with Gasteiger partial charge in [0.1, 0.15) is 0 Å². The molecular weight excluding hydrogens is 256 g/mol. The summed E-state index contributed by atoms with van der Waals surface area (Å²) >= 11 is 0. The van der Waals surface area contributed by atoms with Crippen LogP contribution in [0.25, 0.3) is 0 Å². The molecule has 7 heteroatoms. The van der Waals surface area contributed by atoms with E-state index in [4.69, 9.17) is 10.8 Å². The first-order valence-electron chi connectivity index (χ1n) is 5.52. The monoisotopic (exact) mass is 274 g/mol. The molecule has 0 fully saturated rings. The summed E-state index contributed by atoms with van der Waals surface area (Å²) in [5.41, 5.74) is 6.27. The Bertz CT molecular complexity index is 500. The largest absolute Gasteiger partial charge is 0.399 e. The van der Waals surface area contributed by atoms with Crippen molar-refractivity contribution in [2.45, 2.75) is 17.9 Å². The normalized spacial score (nSPS) is 13.3. The van der Waals surface area contributed by atoms with Crippen LogP contribution in [-0.2, 0) is 9.84 Å². The molecule has 0 saturated heterocycles. The zero-order valence-electron chi connectivity index (χ0n) is 10.1. The predicted octanol–water partition coefficient (Wildman–Crippen LogP) is -0.173. The summed E-state index contributed by atoms with van der Waals surface area (Å²) in [7, 11) is -3.59. The van der Waals surface area contributed by atoms with E-state index in [1.807, 2.05) is 0 Å². The highest BCUT2D eigenvalue weighted by Crippen LogP contribution is 2.25. The Morgan fingerprint density at radius 2 is 2.11 bits per heavy atom. The van der Waals surface area contributed by atoms with Gasteiger partial charge in [-0.3, -0.25) is 0 Å². The Labute approximate surface area is 106 Å². The molecule has 0 aliphatic carbocycles. The number of nitrogens with two attached hydrogens (primary N) is 1. The number of aliphatic hydroxyl groups is 2. The molecule has 102 valence electrons. The Hall–Kier alpha value is -1.31. The number of rotatable bonds is 6. The topological polar surface area (TPSA) is 113 Å². The zero-order chi connectivity index (χ0) is 13.8. The number of hydrogen-bond donors (Lipinski definition) is 4. The summed E-state index contributed by atoms with van der Waals surface area (Å²) in [6.45, 7) is 1.37. The standard InChI is InChI=1S/C11H18N2O4S/c1-8(15)7-13-10-3-2-9(12)6-11(10)18(16,17)5-4-14/h2-3,6,8,13-15H,4-5,7,12H2,1H3. The molecule has 0 heterocycles. The van der Waals surface area contributed by atoms with Gasteiger partial charge in [-0.05, 0) is 25.1 Å². The van der Waals surface area contributed by atoms with E-state index in [0.29, 0.717) is 11.4 Å². The molecule has 0 aliphatic heterocycles. The number of anilines is 2. The van der Waals surface area contributed by atoms with Gasteiger partial charge in [0.25, 0.3) is 0 Å².